The van der Waals surface area contributed by atoms with Crippen LogP contribution in [0.15, 0.2) is 52.8 Å². The van der Waals surface area contributed by atoms with Crippen LogP contribution in [0, 0.1) is 0 Å². The molecule has 2 aromatic heterocycles. The van der Waals surface area contributed by atoms with Crippen molar-refractivity contribution in [3.05, 3.63) is 59.4 Å². The third kappa shape index (κ3) is 3.41. The molecule has 0 spiro atoms. The van der Waals surface area contributed by atoms with Crippen LogP contribution in [0.3, 0.4) is 0 Å². The first-order chi connectivity index (χ1) is 12.0. The molecule has 0 bridgehead atoms. The summed E-state index contributed by atoms with van der Waals surface area (Å²) < 4.78 is 1.80. The van der Waals surface area contributed by atoms with E-state index in [0.717, 1.165) is 11.3 Å². The predicted octanol–water partition coefficient (Wildman–Crippen LogP) is 4.06. The summed E-state index contributed by atoms with van der Waals surface area (Å²) in [6.45, 7) is 3.97. The average molecular weight is 338 g/mol. The van der Waals surface area contributed by atoms with Crippen LogP contribution >= 0.6 is 0 Å². The quantitative estimate of drug-likeness (QED) is 0.685. The van der Waals surface area contributed by atoms with Crippen LogP contribution in [-0.4, -0.2) is 25.6 Å². The number of imidazole rings is 1. The summed E-state index contributed by atoms with van der Waals surface area (Å²) in [5.41, 5.74) is 2.85. The van der Waals surface area contributed by atoms with E-state index < -0.39 is 5.97 Å². The Morgan fingerprint density at radius 2 is 2.04 bits per heavy atom. The molecule has 0 radical (unpaired) electrons. The zero-order valence-electron chi connectivity index (χ0n) is 13.9. The molecule has 0 aliphatic rings. The minimum Gasteiger partial charge on any atom is -0.478 e. The Labute approximate surface area is 144 Å². The number of aliphatic hydroxyl groups is 1. The highest BCUT2D eigenvalue weighted by atomic mass is 16.4. The second-order valence-electron chi connectivity index (χ2n) is 5.95. The van der Waals surface area contributed by atoms with Gasteiger partial charge in [-0.05, 0) is 41.8 Å². The summed E-state index contributed by atoms with van der Waals surface area (Å²) in [4.78, 5) is 15.6. The lowest BCUT2D eigenvalue weighted by Gasteiger charge is -2.02. The summed E-state index contributed by atoms with van der Waals surface area (Å²) in [5.74, 6) is -0.279. The molecule has 0 amide bonds. The van der Waals surface area contributed by atoms with Crippen molar-refractivity contribution in [3.63, 3.8) is 0 Å². The van der Waals surface area contributed by atoms with E-state index >= 15 is 0 Å². The van der Waals surface area contributed by atoms with E-state index in [2.05, 4.69) is 15.2 Å². The number of aromatic carboxylic acids is 1. The summed E-state index contributed by atoms with van der Waals surface area (Å²) in [6.07, 6.45) is 1.79. The third-order valence-electron chi connectivity index (χ3n) is 3.77. The highest BCUT2D eigenvalue weighted by Gasteiger charge is 2.15. The van der Waals surface area contributed by atoms with Gasteiger partial charge in [-0.2, -0.15) is 0 Å². The Morgan fingerprint density at radius 3 is 2.72 bits per heavy atom. The van der Waals surface area contributed by atoms with Crippen LogP contribution in [0.2, 0.25) is 0 Å². The minimum atomic E-state index is -1.01. The van der Waals surface area contributed by atoms with Crippen molar-refractivity contribution >= 4 is 23.1 Å². The number of carbonyl (C=O) groups is 1. The molecule has 0 unspecified atom stereocenters. The van der Waals surface area contributed by atoms with Crippen molar-refractivity contribution in [3.8, 4) is 0 Å². The van der Waals surface area contributed by atoms with Crippen molar-refractivity contribution in [1.29, 1.82) is 0 Å². The lowest BCUT2D eigenvalue weighted by molar-refractivity contribution is 0.0697. The first kappa shape index (κ1) is 16.8. The zero-order chi connectivity index (χ0) is 18.0. The molecule has 7 nitrogen and oxygen atoms in total. The number of carboxylic acid groups (broad SMARTS) is 1. The Morgan fingerprint density at radius 1 is 1.24 bits per heavy atom. The van der Waals surface area contributed by atoms with Gasteiger partial charge in [0.25, 0.3) is 0 Å². The molecule has 0 aliphatic heterocycles. The number of benzene rings is 1. The van der Waals surface area contributed by atoms with Crippen molar-refractivity contribution in [2.24, 2.45) is 10.2 Å². The van der Waals surface area contributed by atoms with Gasteiger partial charge in [-0.25, -0.2) is 9.78 Å². The number of aliphatic hydroxyl groups excluding tert-OH is 1. The molecule has 7 heteroatoms. The van der Waals surface area contributed by atoms with Crippen LogP contribution in [0.25, 0.3) is 5.65 Å². The SMILES string of the molecule is CC(C)c1nc2cc(CO)ccn2c1N=Nc1cccc(C(=O)O)c1. The van der Waals surface area contributed by atoms with Crippen LogP contribution in [0.1, 0.15) is 41.4 Å². The molecule has 0 fully saturated rings. The fourth-order valence-corrected chi connectivity index (χ4v) is 2.48. The van der Waals surface area contributed by atoms with E-state index in [0.29, 0.717) is 17.2 Å². The molecule has 0 atom stereocenters. The molecule has 2 N–H and O–H groups in total. The molecule has 0 aliphatic carbocycles. The van der Waals surface area contributed by atoms with Gasteiger partial charge >= 0.3 is 5.97 Å². The number of pyridine rings is 1. The van der Waals surface area contributed by atoms with Gasteiger partial charge in [0.2, 0.25) is 0 Å². The van der Waals surface area contributed by atoms with Gasteiger partial charge in [0.05, 0.1) is 23.6 Å². The van der Waals surface area contributed by atoms with Gasteiger partial charge in [0, 0.05) is 6.20 Å². The third-order valence-corrected chi connectivity index (χ3v) is 3.77. The standard InChI is InChI=1S/C18H18N4O3/c1-11(2)16-17(22-7-6-12(10-23)8-15(22)19-16)21-20-14-5-3-4-13(9-14)18(24)25/h3-9,11,23H,10H2,1-2H3,(H,24,25). The van der Waals surface area contributed by atoms with Crippen LogP contribution < -0.4 is 0 Å². The molecule has 128 valence electrons. The van der Waals surface area contributed by atoms with Gasteiger partial charge in [0.1, 0.15) is 5.65 Å². The van der Waals surface area contributed by atoms with Crippen molar-refractivity contribution in [2.45, 2.75) is 26.4 Å². The average Bonchev–Trinajstić information content (AvgIpc) is 2.98. The number of hydrogen-bond acceptors (Lipinski definition) is 5. The topological polar surface area (TPSA) is 99.5 Å². The fraction of sp³-hybridized carbons (Fsp3) is 0.222. The number of carboxylic acids is 1. The summed E-state index contributed by atoms with van der Waals surface area (Å²) in [5, 5.41) is 26.8. The molecule has 0 saturated carbocycles. The monoisotopic (exact) mass is 338 g/mol. The van der Waals surface area contributed by atoms with Gasteiger partial charge in [-0.15, -0.1) is 10.2 Å². The van der Waals surface area contributed by atoms with Crippen molar-refractivity contribution in [1.82, 2.24) is 9.38 Å². The summed E-state index contributed by atoms with van der Waals surface area (Å²) >= 11 is 0. The number of nitrogens with zero attached hydrogens (tertiary/aromatic N) is 4. The molecule has 3 rings (SSSR count). The maximum absolute atomic E-state index is 11.1. The second kappa shape index (κ2) is 6.82. The van der Waals surface area contributed by atoms with Gasteiger partial charge in [0.15, 0.2) is 5.82 Å². The minimum absolute atomic E-state index is 0.0563. The van der Waals surface area contributed by atoms with E-state index in [9.17, 15) is 9.90 Å². The maximum Gasteiger partial charge on any atom is 0.335 e. The number of aromatic nitrogens is 2. The molecular weight excluding hydrogens is 320 g/mol. The molecule has 1 aromatic carbocycles. The van der Waals surface area contributed by atoms with E-state index in [1.165, 1.54) is 12.1 Å². The summed E-state index contributed by atoms with van der Waals surface area (Å²) in [7, 11) is 0. The molecule has 25 heavy (non-hydrogen) atoms. The molecule has 3 aromatic rings. The van der Waals surface area contributed by atoms with E-state index in [1.807, 2.05) is 13.8 Å². The number of hydrogen-bond donors (Lipinski definition) is 2. The van der Waals surface area contributed by atoms with E-state index in [1.54, 1.807) is 34.9 Å². The molecular formula is C18H18N4O3. The first-order valence-electron chi connectivity index (χ1n) is 7.86. The highest BCUT2D eigenvalue weighted by molar-refractivity contribution is 5.88. The van der Waals surface area contributed by atoms with Gasteiger partial charge < -0.3 is 10.2 Å². The number of azo groups is 1. The van der Waals surface area contributed by atoms with Crippen LogP contribution in [-0.2, 0) is 6.61 Å². The largest absolute Gasteiger partial charge is 0.478 e. The smallest absolute Gasteiger partial charge is 0.335 e. The van der Waals surface area contributed by atoms with Crippen molar-refractivity contribution < 1.29 is 15.0 Å². The Kier molecular flexibility index (Phi) is 4.58. The predicted molar refractivity (Wildman–Crippen MR) is 92.8 cm³/mol. The van der Waals surface area contributed by atoms with Crippen molar-refractivity contribution in [2.75, 3.05) is 0 Å². The Bertz CT molecular complexity index is 960. The molecule has 0 saturated heterocycles. The van der Waals surface area contributed by atoms with E-state index in [4.69, 9.17) is 5.11 Å². The first-order valence-corrected chi connectivity index (χ1v) is 7.86. The zero-order valence-corrected chi connectivity index (χ0v) is 13.9. The lowest BCUT2D eigenvalue weighted by atomic mass is 10.1. The Hall–Kier alpha value is -3.06. The van der Waals surface area contributed by atoms with Crippen LogP contribution in [0.5, 0.6) is 0 Å². The molecule has 2 heterocycles. The second-order valence-corrected chi connectivity index (χ2v) is 5.95. The van der Waals surface area contributed by atoms with Gasteiger partial charge in [-0.3, -0.25) is 4.40 Å². The normalized spacial score (nSPS) is 11.7. The van der Waals surface area contributed by atoms with Gasteiger partial charge in [-0.1, -0.05) is 19.9 Å². The maximum atomic E-state index is 11.1. The summed E-state index contributed by atoms with van der Waals surface area (Å²) in [6, 6.07) is 9.89. The highest BCUT2D eigenvalue weighted by Crippen LogP contribution is 2.30. The van der Waals surface area contributed by atoms with E-state index in [-0.39, 0.29) is 18.1 Å². The number of fused-ring (bicyclic) bond motifs is 1. The fourth-order valence-electron chi connectivity index (χ4n) is 2.48. The number of rotatable bonds is 5. The lowest BCUT2D eigenvalue weighted by Crippen LogP contribution is -1.94. The Balaban J connectivity index is 2.06. The van der Waals surface area contributed by atoms with Crippen LogP contribution in [0.4, 0.5) is 11.5 Å².